The summed E-state index contributed by atoms with van der Waals surface area (Å²) in [4.78, 5) is 11.5. The number of benzene rings is 1. The van der Waals surface area contributed by atoms with Crippen molar-refractivity contribution < 1.29 is 9.53 Å². The van der Waals surface area contributed by atoms with Crippen molar-refractivity contribution in [3.05, 3.63) is 30.3 Å². The first kappa shape index (κ1) is 9.55. The summed E-state index contributed by atoms with van der Waals surface area (Å²) in [6.07, 6.45) is 0. The van der Waals surface area contributed by atoms with Gasteiger partial charge in [0.1, 0.15) is 5.75 Å². The van der Waals surface area contributed by atoms with Crippen LogP contribution in [0.3, 0.4) is 0 Å². The molecular weight excluding hydrogens is 198 g/mol. The van der Waals surface area contributed by atoms with Crippen molar-refractivity contribution in [2.45, 2.75) is 5.37 Å². The topological polar surface area (TPSA) is 38.3 Å². The molecular formula is C10H11NO2S. The van der Waals surface area contributed by atoms with E-state index in [-0.39, 0.29) is 11.3 Å². The van der Waals surface area contributed by atoms with Crippen LogP contribution in [0.4, 0.5) is 0 Å². The number of ether oxygens (including phenoxy) is 1. The van der Waals surface area contributed by atoms with Gasteiger partial charge in [-0.2, -0.15) is 0 Å². The molecule has 1 aromatic rings. The molecule has 1 saturated heterocycles. The molecule has 1 aliphatic rings. The highest BCUT2D eigenvalue weighted by Gasteiger charge is 2.24. The molecule has 1 atom stereocenters. The number of rotatable bonds is 2. The summed E-state index contributed by atoms with van der Waals surface area (Å²) in [7, 11) is 0. The third kappa shape index (κ3) is 2.27. The molecule has 0 amide bonds. The molecule has 0 bridgehead atoms. The van der Waals surface area contributed by atoms with E-state index in [0.29, 0.717) is 5.75 Å². The van der Waals surface area contributed by atoms with Gasteiger partial charge >= 0.3 is 5.97 Å². The number of carbonyl (C=O) groups excluding carboxylic acids is 1. The van der Waals surface area contributed by atoms with Crippen molar-refractivity contribution in [1.29, 1.82) is 0 Å². The van der Waals surface area contributed by atoms with Crippen LogP contribution in [-0.4, -0.2) is 23.6 Å². The smallest absolute Gasteiger partial charge is 0.339 e. The number of para-hydroxylation sites is 1. The van der Waals surface area contributed by atoms with E-state index in [2.05, 4.69) is 5.32 Å². The summed E-state index contributed by atoms with van der Waals surface area (Å²) in [5, 5.41) is 2.87. The molecule has 1 fully saturated rings. The van der Waals surface area contributed by atoms with Crippen LogP contribution >= 0.6 is 11.8 Å². The SMILES string of the molecule is O=C(Oc1ccccc1)C1NCCS1. The van der Waals surface area contributed by atoms with Crippen molar-refractivity contribution in [1.82, 2.24) is 5.32 Å². The lowest BCUT2D eigenvalue weighted by Gasteiger charge is -2.08. The minimum absolute atomic E-state index is 0.199. The van der Waals surface area contributed by atoms with Gasteiger partial charge in [-0.3, -0.25) is 5.32 Å². The lowest BCUT2D eigenvalue weighted by Crippen LogP contribution is -2.32. The quantitative estimate of drug-likeness (QED) is 0.588. The Kier molecular flexibility index (Phi) is 3.06. The van der Waals surface area contributed by atoms with Crippen molar-refractivity contribution in [3.63, 3.8) is 0 Å². The molecule has 0 saturated carbocycles. The molecule has 1 aliphatic heterocycles. The number of hydrogen-bond acceptors (Lipinski definition) is 4. The number of thioether (sulfide) groups is 1. The average Bonchev–Trinajstić information content (AvgIpc) is 2.72. The van der Waals surface area contributed by atoms with Crippen molar-refractivity contribution in [2.75, 3.05) is 12.3 Å². The van der Waals surface area contributed by atoms with Gasteiger partial charge in [-0.25, -0.2) is 4.79 Å². The molecule has 1 aromatic carbocycles. The Morgan fingerprint density at radius 3 is 2.86 bits per heavy atom. The van der Waals surface area contributed by atoms with Gasteiger partial charge < -0.3 is 4.74 Å². The van der Waals surface area contributed by atoms with Crippen LogP contribution < -0.4 is 10.1 Å². The number of carbonyl (C=O) groups is 1. The van der Waals surface area contributed by atoms with E-state index < -0.39 is 0 Å². The molecule has 0 aliphatic carbocycles. The Balaban J connectivity index is 1.94. The fourth-order valence-corrected chi connectivity index (χ4v) is 2.13. The Hall–Kier alpha value is -1.00. The van der Waals surface area contributed by atoms with E-state index in [1.807, 2.05) is 18.2 Å². The van der Waals surface area contributed by atoms with Gasteiger partial charge in [0.05, 0.1) is 0 Å². The average molecular weight is 209 g/mol. The van der Waals surface area contributed by atoms with Gasteiger partial charge in [0, 0.05) is 12.3 Å². The van der Waals surface area contributed by atoms with Crippen LogP contribution in [0, 0.1) is 0 Å². The predicted molar refractivity (Wildman–Crippen MR) is 56.3 cm³/mol. The second-order valence-corrected chi connectivity index (χ2v) is 4.15. The first-order chi connectivity index (χ1) is 6.86. The zero-order valence-corrected chi connectivity index (χ0v) is 8.42. The Morgan fingerprint density at radius 2 is 2.21 bits per heavy atom. The summed E-state index contributed by atoms with van der Waals surface area (Å²) in [5.41, 5.74) is 0. The molecule has 14 heavy (non-hydrogen) atoms. The fraction of sp³-hybridized carbons (Fsp3) is 0.300. The van der Waals surface area contributed by atoms with E-state index in [4.69, 9.17) is 4.74 Å². The normalized spacial score (nSPS) is 20.7. The second-order valence-electron chi connectivity index (χ2n) is 2.94. The third-order valence-corrected chi connectivity index (χ3v) is 3.02. The molecule has 1 heterocycles. The molecule has 3 nitrogen and oxygen atoms in total. The molecule has 0 radical (unpaired) electrons. The van der Waals surface area contributed by atoms with E-state index >= 15 is 0 Å². The zero-order chi connectivity index (χ0) is 9.80. The van der Waals surface area contributed by atoms with Gasteiger partial charge in [-0.05, 0) is 12.1 Å². The van der Waals surface area contributed by atoms with E-state index in [0.717, 1.165) is 12.3 Å². The first-order valence-corrected chi connectivity index (χ1v) is 5.53. The zero-order valence-electron chi connectivity index (χ0n) is 7.60. The van der Waals surface area contributed by atoms with Gasteiger partial charge in [-0.15, -0.1) is 11.8 Å². The maximum Gasteiger partial charge on any atom is 0.339 e. The van der Waals surface area contributed by atoms with Crippen LogP contribution in [0.15, 0.2) is 30.3 Å². The summed E-state index contributed by atoms with van der Waals surface area (Å²) in [6.45, 7) is 0.874. The predicted octanol–water partition coefficient (Wildman–Crippen LogP) is 1.25. The molecule has 74 valence electrons. The van der Waals surface area contributed by atoms with Gasteiger partial charge in [0.15, 0.2) is 5.37 Å². The molecule has 1 unspecified atom stereocenters. The molecule has 1 N–H and O–H groups in total. The van der Waals surface area contributed by atoms with E-state index in [1.165, 1.54) is 0 Å². The standard InChI is InChI=1S/C10H11NO2S/c12-10(9-11-6-7-14-9)13-8-4-2-1-3-5-8/h1-5,9,11H,6-7H2. The van der Waals surface area contributed by atoms with Crippen LogP contribution in [0.1, 0.15) is 0 Å². The molecule has 0 aromatic heterocycles. The highest BCUT2D eigenvalue weighted by molar-refractivity contribution is 8.00. The van der Waals surface area contributed by atoms with Crippen LogP contribution in [0.25, 0.3) is 0 Å². The lowest BCUT2D eigenvalue weighted by atomic mass is 10.3. The minimum Gasteiger partial charge on any atom is -0.425 e. The van der Waals surface area contributed by atoms with Crippen molar-refractivity contribution in [2.24, 2.45) is 0 Å². The summed E-state index contributed by atoms with van der Waals surface area (Å²) in [6, 6.07) is 9.13. The second kappa shape index (κ2) is 4.48. The van der Waals surface area contributed by atoms with Gasteiger partial charge in [0.2, 0.25) is 0 Å². The maximum absolute atomic E-state index is 11.5. The van der Waals surface area contributed by atoms with E-state index in [9.17, 15) is 4.79 Å². The fourth-order valence-electron chi connectivity index (χ4n) is 1.24. The minimum atomic E-state index is -0.210. The van der Waals surface area contributed by atoms with Gasteiger partial charge in [-0.1, -0.05) is 18.2 Å². The largest absolute Gasteiger partial charge is 0.425 e. The highest BCUT2D eigenvalue weighted by atomic mass is 32.2. The third-order valence-electron chi connectivity index (χ3n) is 1.89. The van der Waals surface area contributed by atoms with E-state index in [1.54, 1.807) is 23.9 Å². The monoisotopic (exact) mass is 209 g/mol. The maximum atomic E-state index is 11.5. The summed E-state index contributed by atoms with van der Waals surface area (Å²) < 4.78 is 5.18. The first-order valence-electron chi connectivity index (χ1n) is 4.48. The van der Waals surface area contributed by atoms with Crippen molar-refractivity contribution >= 4 is 17.7 Å². The Labute approximate surface area is 86.8 Å². The summed E-state index contributed by atoms with van der Waals surface area (Å²) in [5.74, 6) is 1.36. The Bertz CT molecular complexity index is 309. The van der Waals surface area contributed by atoms with Crippen molar-refractivity contribution in [3.8, 4) is 5.75 Å². The van der Waals surface area contributed by atoms with Gasteiger partial charge in [0.25, 0.3) is 0 Å². The van der Waals surface area contributed by atoms with Crippen LogP contribution in [0.5, 0.6) is 5.75 Å². The summed E-state index contributed by atoms with van der Waals surface area (Å²) >= 11 is 1.58. The van der Waals surface area contributed by atoms with Crippen LogP contribution in [-0.2, 0) is 4.79 Å². The highest BCUT2D eigenvalue weighted by Crippen LogP contribution is 2.17. The molecule has 4 heteroatoms. The molecule has 2 rings (SSSR count). The Morgan fingerprint density at radius 1 is 1.43 bits per heavy atom. The van der Waals surface area contributed by atoms with Crippen LogP contribution in [0.2, 0.25) is 0 Å². The lowest BCUT2D eigenvalue weighted by molar-refractivity contribution is -0.134. The number of esters is 1. The molecule has 0 spiro atoms. The number of nitrogens with one attached hydrogen (secondary N) is 1. The number of hydrogen-bond donors (Lipinski definition) is 1.